The van der Waals surface area contributed by atoms with E-state index in [1.807, 2.05) is 50.2 Å². The third-order valence-electron chi connectivity index (χ3n) is 16.0. The van der Waals surface area contributed by atoms with Crippen molar-refractivity contribution >= 4 is 46.1 Å². The molecule has 0 radical (unpaired) electrons. The van der Waals surface area contributed by atoms with Gasteiger partial charge in [-0.2, -0.15) is 0 Å². The van der Waals surface area contributed by atoms with Crippen molar-refractivity contribution in [1.82, 2.24) is 0 Å². The van der Waals surface area contributed by atoms with Crippen molar-refractivity contribution in [3.63, 3.8) is 0 Å². The number of esters is 2. The average molecular weight is 1050 g/mol. The SMILES string of the molecule is CCCCCCCCC1(CCCCCCCC)c2cc(C)ccc2-c2ccc(-c3ccc(N(c4ccc(-c5ccc(N(c6ccc(C)cc6)c6cccc(C(=O)OCC)c6)cc5)cc4)c4cccc(C(=O)OCC)c4)cc3)cc21. The molecule has 406 valence electrons. The molecule has 79 heavy (non-hydrogen) atoms. The second-order valence-electron chi connectivity index (χ2n) is 21.6. The lowest BCUT2D eigenvalue weighted by atomic mass is 9.70. The van der Waals surface area contributed by atoms with Crippen LogP contribution in [-0.2, 0) is 14.9 Å². The number of hydrogen-bond acceptors (Lipinski definition) is 6. The lowest BCUT2D eigenvalue weighted by molar-refractivity contribution is 0.0517. The lowest BCUT2D eigenvalue weighted by Crippen LogP contribution is -2.25. The van der Waals surface area contributed by atoms with E-state index in [1.54, 1.807) is 11.6 Å². The van der Waals surface area contributed by atoms with Gasteiger partial charge in [-0.15, -0.1) is 0 Å². The van der Waals surface area contributed by atoms with E-state index in [-0.39, 0.29) is 17.4 Å². The summed E-state index contributed by atoms with van der Waals surface area (Å²) in [6.07, 6.45) is 17.9. The van der Waals surface area contributed by atoms with Crippen LogP contribution in [0.2, 0.25) is 0 Å². The van der Waals surface area contributed by atoms with Crippen LogP contribution in [0.15, 0.2) is 182 Å². The number of carbonyl (C=O) groups is 2. The van der Waals surface area contributed by atoms with Gasteiger partial charge in [0.15, 0.2) is 0 Å². The minimum atomic E-state index is -0.343. The molecule has 0 N–H and O–H groups in total. The summed E-state index contributed by atoms with van der Waals surface area (Å²) in [5.74, 6) is -0.686. The van der Waals surface area contributed by atoms with Gasteiger partial charge in [0.2, 0.25) is 0 Å². The van der Waals surface area contributed by atoms with Crippen LogP contribution >= 0.6 is 0 Å². The number of ether oxygens (including phenoxy) is 2. The summed E-state index contributed by atoms with van der Waals surface area (Å²) < 4.78 is 10.8. The molecule has 1 aliphatic carbocycles. The van der Waals surface area contributed by atoms with E-state index in [4.69, 9.17) is 9.47 Å². The van der Waals surface area contributed by atoms with Gasteiger partial charge < -0.3 is 19.3 Å². The fraction of sp³-hybridized carbons (Fsp3) is 0.315. The molecular formula is C73H80N2O4. The topological polar surface area (TPSA) is 59.1 Å². The van der Waals surface area contributed by atoms with Gasteiger partial charge in [-0.05, 0) is 176 Å². The van der Waals surface area contributed by atoms with E-state index in [2.05, 4.69) is 177 Å². The van der Waals surface area contributed by atoms with E-state index in [9.17, 15) is 9.59 Å². The Bertz CT molecular complexity index is 3270. The van der Waals surface area contributed by atoms with Crippen LogP contribution in [-0.4, -0.2) is 25.2 Å². The molecule has 8 aromatic rings. The van der Waals surface area contributed by atoms with Crippen molar-refractivity contribution < 1.29 is 19.1 Å². The molecule has 1 aliphatic rings. The van der Waals surface area contributed by atoms with Gasteiger partial charge in [0.1, 0.15) is 0 Å². The zero-order valence-corrected chi connectivity index (χ0v) is 47.7. The maximum atomic E-state index is 13.2. The number of hydrogen-bond donors (Lipinski definition) is 0. The van der Waals surface area contributed by atoms with E-state index < -0.39 is 0 Å². The van der Waals surface area contributed by atoms with Gasteiger partial charge in [0, 0.05) is 39.5 Å². The van der Waals surface area contributed by atoms with Gasteiger partial charge in [0.05, 0.1) is 24.3 Å². The van der Waals surface area contributed by atoms with Crippen LogP contribution in [0.25, 0.3) is 33.4 Å². The van der Waals surface area contributed by atoms with Crippen molar-refractivity contribution in [2.24, 2.45) is 0 Å². The highest BCUT2D eigenvalue weighted by molar-refractivity contribution is 5.93. The standard InChI is InChI=1S/C73H80N2O4/c1-7-11-13-15-17-19-47-73(48-20-18-16-14-12-8-2)69-49-54(6)29-45-67(69)68-46-36-58(52-70(68)73)57-34-43-64(44-35-57)75(66-26-22-24-60(51-66)72(77)79-10-4)63-41-32-56(33-42-63)55-30-39-62(40-31-55)74(61-37-27-53(5)28-38-61)65-25-21-23-59(50-65)71(76)78-9-3/h21-46,49-52H,7-20,47-48H2,1-6H3. The predicted octanol–water partition coefficient (Wildman–Crippen LogP) is 20.7. The van der Waals surface area contributed by atoms with Gasteiger partial charge in [-0.3, -0.25) is 0 Å². The number of benzene rings is 8. The monoisotopic (exact) mass is 1050 g/mol. The minimum absolute atomic E-state index is 0.00195. The molecule has 0 heterocycles. The Kier molecular flexibility index (Phi) is 19.0. The summed E-state index contributed by atoms with van der Waals surface area (Å²) in [4.78, 5) is 30.4. The summed E-state index contributed by atoms with van der Waals surface area (Å²) in [6, 6.07) is 64.4. The predicted molar refractivity (Wildman–Crippen MR) is 330 cm³/mol. The Morgan fingerprint density at radius 3 is 1.18 bits per heavy atom. The van der Waals surface area contributed by atoms with Crippen molar-refractivity contribution in [2.75, 3.05) is 23.0 Å². The molecule has 0 spiro atoms. The van der Waals surface area contributed by atoms with Crippen molar-refractivity contribution in [1.29, 1.82) is 0 Å². The van der Waals surface area contributed by atoms with E-state index >= 15 is 0 Å². The second-order valence-corrected chi connectivity index (χ2v) is 21.6. The van der Waals surface area contributed by atoms with Crippen LogP contribution in [0.3, 0.4) is 0 Å². The summed E-state index contributed by atoms with van der Waals surface area (Å²) in [7, 11) is 0. The van der Waals surface area contributed by atoms with Crippen LogP contribution in [0, 0.1) is 13.8 Å². The summed E-state index contributed by atoms with van der Waals surface area (Å²) in [5, 5.41) is 0. The molecule has 0 aliphatic heterocycles. The Morgan fingerprint density at radius 2 is 0.734 bits per heavy atom. The summed E-state index contributed by atoms with van der Waals surface area (Å²) in [6.45, 7) is 13.2. The quantitative estimate of drug-likeness (QED) is 0.0398. The molecule has 6 heteroatoms. The Hall–Kier alpha value is -7.70. The van der Waals surface area contributed by atoms with E-state index in [0.29, 0.717) is 24.3 Å². The lowest BCUT2D eigenvalue weighted by Gasteiger charge is -2.33. The molecule has 0 unspecified atom stereocenters. The Morgan fingerprint density at radius 1 is 0.367 bits per heavy atom. The molecule has 9 rings (SSSR count). The van der Waals surface area contributed by atoms with Crippen LogP contribution in [0.1, 0.15) is 161 Å². The molecule has 0 fully saturated rings. The number of anilines is 6. The zero-order chi connectivity index (χ0) is 55.1. The van der Waals surface area contributed by atoms with Crippen molar-refractivity contribution in [3.05, 3.63) is 215 Å². The number of fused-ring (bicyclic) bond motifs is 3. The number of carbonyl (C=O) groups excluding carboxylic acids is 2. The first-order chi connectivity index (χ1) is 38.6. The maximum Gasteiger partial charge on any atom is 0.338 e. The van der Waals surface area contributed by atoms with Crippen molar-refractivity contribution in [2.45, 2.75) is 137 Å². The van der Waals surface area contributed by atoms with Gasteiger partial charge in [-0.1, -0.05) is 193 Å². The van der Waals surface area contributed by atoms with Gasteiger partial charge >= 0.3 is 11.9 Å². The first-order valence-electron chi connectivity index (χ1n) is 29.4. The largest absolute Gasteiger partial charge is 0.462 e. The third-order valence-corrected chi connectivity index (χ3v) is 16.0. The van der Waals surface area contributed by atoms with Gasteiger partial charge in [-0.25, -0.2) is 9.59 Å². The number of aryl methyl sites for hydroxylation is 2. The summed E-state index contributed by atoms with van der Waals surface area (Å²) in [5.41, 5.74) is 19.5. The molecule has 0 amide bonds. The van der Waals surface area contributed by atoms with E-state index in [1.165, 1.54) is 129 Å². The molecule has 0 bridgehead atoms. The summed E-state index contributed by atoms with van der Waals surface area (Å²) >= 11 is 0. The van der Waals surface area contributed by atoms with Crippen molar-refractivity contribution in [3.8, 4) is 33.4 Å². The van der Waals surface area contributed by atoms with Crippen LogP contribution < -0.4 is 9.80 Å². The normalized spacial score (nSPS) is 12.2. The Balaban J connectivity index is 1.03. The third kappa shape index (κ3) is 13.1. The first kappa shape index (κ1) is 56.0. The highest BCUT2D eigenvalue weighted by atomic mass is 16.5. The number of nitrogens with zero attached hydrogens (tertiary/aromatic N) is 2. The Labute approximate surface area is 471 Å². The molecule has 0 aromatic heterocycles. The second kappa shape index (κ2) is 26.8. The van der Waals surface area contributed by atoms with Crippen LogP contribution in [0.5, 0.6) is 0 Å². The first-order valence-corrected chi connectivity index (χ1v) is 29.4. The fourth-order valence-corrected chi connectivity index (χ4v) is 11.8. The minimum Gasteiger partial charge on any atom is -0.462 e. The number of rotatable bonds is 26. The highest BCUT2D eigenvalue weighted by Gasteiger charge is 2.42. The smallest absolute Gasteiger partial charge is 0.338 e. The molecule has 8 aromatic carbocycles. The molecule has 6 nitrogen and oxygen atoms in total. The molecule has 0 atom stereocenters. The van der Waals surface area contributed by atoms with Crippen LogP contribution in [0.4, 0.5) is 34.1 Å². The molecule has 0 saturated heterocycles. The van der Waals surface area contributed by atoms with Gasteiger partial charge in [0.25, 0.3) is 0 Å². The zero-order valence-electron chi connectivity index (χ0n) is 47.7. The highest BCUT2D eigenvalue weighted by Crippen LogP contribution is 2.55. The molecule has 0 saturated carbocycles. The molecular weight excluding hydrogens is 969 g/mol. The van der Waals surface area contributed by atoms with E-state index in [0.717, 1.165) is 45.3 Å². The fourth-order valence-electron chi connectivity index (χ4n) is 11.8. The average Bonchev–Trinajstić information content (AvgIpc) is 3.92. The number of unbranched alkanes of at least 4 members (excludes halogenated alkanes) is 10. The maximum absolute atomic E-state index is 13.2.